The summed E-state index contributed by atoms with van der Waals surface area (Å²) in [6.07, 6.45) is 0. The number of piperazine rings is 1. The summed E-state index contributed by atoms with van der Waals surface area (Å²) < 4.78 is 0. The maximum Gasteiger partial charge on any atom is 0.265 e. The largest absolute Gasteiger partial charge is 0.301 e. The maximum absolute atomic E-state index is 11.9. The van der Waals surface area contributed by atoms with Gasteiger partial charge in [-0.1, -0.05) is 25.1 Å². The quantitative estimate of drug-likeness (QED) is 0.845. The number of hydrazine groups is 1. The molecular weight excluding hydrogens is 214 g/mol. The summed E-state index contributed by atoms with van der Waals surface area (Å²) in [5, 5.41) is 2.00. The first-order valence-corrected chi connectivity index (χ1v) is 6.13. The monoisotopic (exact) mass is 233 g/mol. The van der Waals surface area contributed by atoms with Gasteiger partial charge in [0.15, 0.2) is 0 Å². The van der Waals surface area contributed by atoms with E-state index < -0.39 is 0 Å². The van der Waals surface area contributed by atoms with E-state index in [1.54, 1.807) is 0 Å². The Morgan fingerprint density at radius 2 is 1.82 bits per heavy atom. The van der Waals surface area contributed by atoms with E-state index in [2.05, 4.69) is 17.2 Å². The van der Waals surface area contributed by atoms with Crippen LogP contribution in [-0.2, 0) is 0 Å². The maximum atomic E-state index is 11.9. The summed E-state index contributed by atoms with van der Waals surface area (Å²) in [4.78, 5) is 14.3. The third-order valence-electron chi connectivity index (χ3n) is 3.12. The first kappa shape index (κ1) is 12.1. The first-order chi connectivity index (χ1) is 8.29. The number of rotatable bonds is 3. The molecule has 0 radical (unpaired) electrons. The van der Waals surface area contributed by atoms with E-state index in [1.165, 1.54) is 0 Å². The van der Waals surface area contributed by atoms with Crippen LogP contribution in [0.5, 0.6) is 0 Å². The molecule has 0 atom stereocenters. The number of hydrogen-bond donors (Lipinski definition) is 1. The van der Waals surface area contributed by atoms with Gasteiger partial charge < -0.3 is 4.90 Å². The lowest BCUT2D eigenvalue weighted by Crippen LogP contribution is -2.53. The molecule has 4 heteroatoms. The van der Waals surface area contributed by atoms with Crippen LogP contribution in [0.3, 0.4) is 0 Å². The molecule has 92 valence electrons. The molecule has 0 aliphatic carbocycles. The molecule has 1 heterocycles. The number of carbonyl (C=O) groups excluding carboxylic acids is 1. The molecule has 17 heavy (non-hydrogen) atoms. The minimum absolute atomic E-state index is 0.0180. The molecule has 1 amide bonds. The van der Waals surface area contributed by atoms with Crippen molar-refractivity contribution in [1.82, 2.24) is 15.3 Å². The Hall–Kier alpha value is -1.39. The summed E-state index contributed by atoms with van der Waals surface area (Å²) in [6, 6.07) is 9.33. The molecular formula is C13H19N3O. The molecule has 0 unspecified atom stereocenters. The second kappa shape index (κ2) is 5.80. The van der Waals surface area contributed by atoms with Gasteiger partial charge in [-0.25, -0.2) is 5.01 Å². The lowest BCUT2D eigenvalue weighted by atomic mass is 10.2. The summed E-state index contributed by atoms with van der Waals surface area (Å²) in [6.45, 7) is 7.08. The van der Waals surface area contributed by atoms with Crippen molar-refractivity contribution in [2.75, 3.05) is 32.7 Å². The predicted octanol–water partition coefficient (Wildman–Crippen LogP) is 0.969. The van der Waals surface area contributed by atoms with Gasteiger partial charge in [0.25, 0.3) is 5.91 Å². The van der Waals surface area contributed by atoms with Crippen LogP contribution in [0.15, 0.2) is 30.3 Å². The zero-order valence-corrected chi connectivity index (χ0v) is 10.2. The van der Waals surface area contributed by atoms with Crippen LogP contribution in [0.25, 0.3) is 0 Å². The normalized spacial score (nSPS) is 17.9. The molecule has 1 aromatic carbocycles. The minimum atomic E-state index is -0.0180. The zero-order valence-electron chi connectivity index (χ0n) is 10.2. The van der Waals surface area contributed by atoms with Gasteiger partial charge in [0, 0.05) is 31.7 Å². The number of nitrogens with one attached hydrogen (secondary N) is 1. The van der Waals surface area contributed by atoms with E-state index in [4.69, 9.17) is 0 Å². The van der Waals surface area contributed by atoms with Crippen molar-refractivity contribution in [2.45, 2.75) is 6.92 Å². The SMILES string of the molecule is CCN1CCN(NC(=O)c2ccccc2)CC1. The molecule has 1 aromatic rings. The highest BCUT2D eigenvalue weighted by Gasteiger charge is 2.17. The molecule has 0 bridgehead atoms. The van der Waals surface area contributed by atoms with Gasteiger partial charge in [-0.3, -0.25) is 10.2 Å². The number of nitrogens with zero attached hydrogens (tertiary/aromatic N) is 2. The van der Waals surface area contributed by atoms with Gasteiger partial charge in [-0.2, -0.15) is 0 Å². The average molecular weight is 233 g/mol. The van der Waals surface area contributed by atoms with E-state index >= 15 is 0 Å². The molecule has 4 nitrogen and oxygen atoms in total. The number of carbonyl (C=O) groups is 1. The molecule has 1 aliphatic rings. The van der Waals surface area contributed by atoms with Crippen LogP contribution < -0.4 is 5.43 Å². The molecule has 2 rings (SSSR count). The van der Waals surface area contributed by atoms with E-state index in [0.717, 1.165) is 32.7 Å². The van der Waals surface area contributed by atoms with Crippen molar-refractivity contribution in [3.8, 4) is 0 Å². The molecule has 1 fully saturated rings. The Bertz CT molecular complexity index is 358. The third-order valence-corrected chi connectivity index (χ3v) is 3.12. The number of likely N-dealkylation sites (N-methyl/N-ethyl adjacent to an activating group) is 1. The van der Waals surface area contributed by atoms with E-state index in [0.29, 0.717) is 5.56 Å². The van der Waals surface area contributed by atoms with Crippen LogP contribution >= 0.6 is 0 Å². The highest BCUT2D eigenvalue weighted by atomic mass is 16.2. The molecule has 1 saturated heterocycles. The fourth-order valence-electron chi connectivity index (χ4n) is 1.97. The Morgan fingerprint density at radius 1 is 1.18 bits per heavy atom. The molecule has 0 aromatic heterocycles. The number of hydrogen-bond acceptors (Lipinski definition) is 3. The van der Waals surface area contributed by atoms with Crippen molar-refractivity contribution in [3.63, 3.8) is 0 Å². The number of amides is 1. The van der Waals surface area contributed by atoms with Gasteiger partial charge >= 0.3 is 0 Å². The van der Waals surface area contributed by atoms with Gasteiger partial charge in [-0.15, -0.1) is 0 Å². The van der Waals surface area contributed by atoms with Crippen LogP contribution in [0, 0.1) is 0 Å². The molecule has 1 aliphatic heterocycles. The van der Waals surface area contributed by atoms with Crippen LogP contribution in [0.1, 0.15) is 17.3 Å². The zero-order chi connectivity index (χ0) is 12.1. The van der Waals surface area contributed by atoms with Crippen LogP contribution in [0.2, 0.25) is 0 Å². The predicted molar refractivity (Wildman–Crippen MR) is 67.6 cm³/mol. The van der Waals surface area contributed by atoms with E-state index in [9.17, 15) is 4.79 Å². The lowest BCUT2D eigenvalue weighted by Gasteiger charge is -2.33. The van der Waals surface area contributed by atoms with Crippen LogP contribution in [0.4, 0.5) is 0 Å². The summed E-state index contributed by atoms with van der Waals surface area (Å²) >= 11 is 0. The van der Waals surface area contributed by atoms with Gasteiger partial charge in [-0.05, 0) is 18.7 Å². The highest BCUT2D eigenvalue weighted by molar-refractivity contribution is 5.93. The van der Waals surface area contributed by atoms with Gasteiger partial charge in [0.1, 0.15) is 0 Å². The highest BCUT2D eigenvalue weighted by Crippen LogP contribution is 2.01. The second-order valence-electron chi connectivity index (χ2n) is 4.23. The average Bonchev–Trinajstić information content (AvgIpc) is 2.40. The molecule has 0 saturated carbocycles. The summed E-state index contributed by atoms with van der Waals surface area (Å²) in [5.41, 5.74) is 3.66. The molecule has 1 N–H and O–H groups in total. The van der Waals surface area contributed by atoms with Crippen molar-refractivity contribution < 1.29 is 4.79 Å². The van der Waals surface area contributed by atoms with Crippen molar-refractivity contribution in [2.24, 2.45) is 0 Å². The van der Waals surface area contributed by atoms with Crippen molar-refractivity contribution in [3.05, 3.63) is 35.9 Å². The Balaban J connectivity index is 1.84. The standard InChI is InChI=1S/C13H19N3O/c1-2-15-8-10-16(11-9-15)14-13(17)12-6-4-3-5-7-12/h3-7H,2,8-11H2,1H3,(H,14,17). The lowest BCUT2D eigenvalue weighted by molar-refractivity contribution is 0.0630. The Kier molecular flexibility index (Phi) is 4.12. The Morgan fingerprint density at radius 3 is 2.41 bits per heavy atom. The fourth-order valence-corrected chi connectivity index (χ4v) is 1.97. The summed E-state index contributed by atoms with van der Waals surface area (Å²) in [7, 11) is 0. The van der Waals surface area contributed by atoms with Gasteiger partial charge in [0.2, 0.25) is 0 Å². The third kappa shape index (κ3) is 3.28. The van der Waals surface area contributed by atoms with Crippen molar-refractivity contribution in [1.29, 1.82) is 0 Å². The minimum Gasteiger partial charge on any atom is -0.301 e. The van der Waals surface area contributed by atoms with E-state index in [1.807, 2.05) is 35.3 Å². The smallest absolute Gasteiger partial charge is 0.265 e. The number of benzene rings is 1. The second-order valence-corrected chi connectivity index (χ2v) is 4.23. The molecule has 0 spiro atoms. The Labute approximate surface area is 102 Å². The van der Waals surface area contributed by atoms with E-state index in [-0.39, 0.29) is 5.91 Å². The van der Waals surface area contributed by atoms with Gasteiger partial charge in [0.05, 0.1) is 0 Å². The first-order valence-electron chi connectivity index (χ1n) is 6.13. The summed E-state index contributed by atoms with van der Waals surface area (Å²) in [5.74, 6) is -0.0180. The van der Waals surface area contributed by atoms with Crippen molar-refractivity contribution >= 4 is 5.91 Å². The van der Waals surface area contributed by atoms with Crippen LogP contribution in [-0.4, -0.2) is 48.5 Å². The fraction of sp³-hybridized carbons (Fsp3) is 0.462. The topological polar surface area (TPSA) is 35.6 Å².